The highest BCUT2D eigenvalue weighted by Gasteiger charge is 2.11. The van der Waals surface area contributed by atoms with E-state index in [0.29, 0.717) is 11.7 Å². The molecule has 1 aromatic heterocycles. The molecule has 0 saturated heterocycles. The number of hydrogen-bond acceptors (Lipinski definition) is 5. The standard InChI is InChI=1S/C13H17N3O2/c1-3-11(14)10-6-4-5-7-12(10)17-8-13-15-9(2)16-18-13/h4-7,11H,3,8,14H2,1-2H3/t11-/m1/s1. The number of para-hydroxylation sites is 1. The third kappa shape index (κ3) is 2.87. The second kappa shape index (κ2) is 5.64. The van der Waals surface area contributed by atoms with Crippen LogP contribution in [0.5, 0.6) is 5.75 Å². The van der Waals surface area contributed by atoms with Crippen molar-refractivity contribution < 1.29 is 9.26 Å². The number of ether oxygens (including phenoxy) is 1. The Balaban J connectivity index is 2.09. The molecule has 0 saturated carbocycles. The van der Waals surface area contributed by atoms with Gasteiger partial charge >= 0.3 is 0 Å². The van der Waals surface area contributed by atoms with Crippen LogP contribution in [-0.2, 0) is 6.61 Å². The maximum absolute atomic E-state index is 6.04. The van der Waals surface area contributed by atoms with Gasteiger partial charge in [-0.1, -0.05) is 30.3 Å². The van der Waals surface area contributed by atoms with Gasteiger partial charge in [-0.15, -0.1) is 0 Å². The molecule has 5 nitrogen and oxygen atoms in total. The van der Waals surface area contributed by atoms with Gasteiger partial charge in [0.05, 0.1) is 0 Å². The molecule has 0 aliphatic heterocycles. The number of nitrogens with zero attached hydrogens (tertiary/aromatic N) is 2. The lowest BCUT2D eigenvalue weighted by molar-refractivity contribution is 0.239. The van der Waals surface area contributed by atoms with Crippen LogP contribution < -0.4 is 10.5 Å². The van der Waals surface area contributed by atoms with Crippen molar-refractivity contribution in [3.8, 4) is 5.75 Å². The Morgan fingerprint density at radius 3 is 2.83 bits per heavy atom. The normalized spacial score (nSPS) is 12.4. The number of aryl methyl sites for hydroxylation is 1. The lowest BCUT2D eigenvalue weighted by atomic mass is 10.0. The molecule has 0 aliphatic carbocycles. The number of benzene rings is 1. The fraction of sp³-hybridized carbons (Fsp3) is 0.385. The first-order chi connectivity index (χ1) is 8.70. The minimum atomic E-state index is -0.0226. The molecule has 0 amide bonds. The molecule has 0 fully saturated rings. The molecule has 18 heavy (non-hydrogen) atoms. The Morgan fingerprint density at radius 1 is 1.39 bits per heavy atom. The van der Waals surface area contributed by atoms with Gasteiger partial charge in [0.1, 0.15) is 5.75 Å². The number of rotatable bonds is 5. The average molecular weight is 247 g/mol. The highest BCUT2D eigenvalue weighted by Crippen LogP contribution is 2.25. The molecule has 1 atom stereocenters. The predicted molar refractivity (Wildman–Crippen MR) is 67.0 cm³/mol. The summed E-state index contributed by atoms with van der Waals surface area (Å²) in [6, 6.07) is 7.72. The topological polar surface area (TPSA) is 74.2 Å². The summed E-state index contributed by atoms with van der Waals surface area (Å²) in [7, 11) is 0. The van der Waals surface area contributed by atoms with Crippen molar-refractivity contribution in [2.75, 3.05) is 0 Å². The minimum absolute atomic E-state index is 0.0226. The first-order valence-electron chi connectivity index (χ1n) is 5.97. The SMILES string of the molecule is CC[C@@H](N)c1ccccc1OCc1nc(C)no1. The molecule has 0 spiro atoms. The molecule has 1 heterocycles. The van der Waals surface area contributed by atoms with Gasteiger partial charge in [0.2, 0.25) is 0 Å². The van der Waals surface area contributed by atoms with Crippen molar-refractivity contribution in [2.24, 2.45) is 5.73 Å². The third-order valence-corrected chi connectivity index (χ3v) is 2.68. The molecule has 96 valence electrons. The van der Waals surface area contributed by atoms with Crippen LogP contribution in [0.25, 0.3) is 0 Å². The molecule has 5 heteroatoms. The van der Waals surface area contributed by atoms with E-state index in [1.54, 1.807) is 6.92 Å². The molecule has 2 N–H and O–H groups in total. The lowest BCUT2D eigenvalue weighted by Crippen LogP contribution is -2.10. The molecule has 2 aromatic rings. The number of hydrogen-bond donors (Lipinski definition) is 1. The van der Waals surface area contributed by atoms with Gasteiger partial charge in [-0.3, -0.25) is 0 Å². The monoisotopic (exact) mass is 247 g/mol. The average Bonchev–Trinajstić information content (AvgIpc) is 2.81. The fourth-order valence-corrected chi connectivity index (χ4v) is 1.68. The van der Waals surface area contributed by atoms with Crippen LogP contribution in [0.4, 0.5) is 0 Å². The van der Waals surface area contributed by atoms with Crippen molar-refractivity contribution in [3.63, 3.8) is 0 Å². The molecular formula is C13H17N3O2. The van der Waals surface area contributed by atoms with Crippen LogP contribution >= 0.6 is 0 Å². The summed E-state index contributed by atoms with van der Waals surface area (Å²) in [6.45, 7) is 4.07. The van der Waals surface area contributed by atoms with E-state index in [-0.39, 0.29) is 12.6 Å². The van der Waals surface area contributed by atoms with E-state index in [4.69, 9.17) is 15.0 Å². The summed E-state index contributed by atoms with van der Waals surface area (Å²) < 4.78 is 10.7. The second-order valence-corrected chi connectivity index (χ2v) is 4.08. The summed E-state index contributed by atoms with van der Waals surface area (Å²) >= 11 is 0. The second-order valence-electron chi connectivity index (χ2n) is 4.08. The van der Waals surface area contributed by atoms with Gasteiger partial charge in [-0.05, 0) is 19.4 Å². The van der Waals surface area contributed by atoms with E-state index in [0.717, 1.165) is 17.7 Å². The molecular weight excluding hydrogens is 230 g/mol. The van der Waals surface area contributed by atoms with Crippen LogP contribution in [0.1, 0.15) is 36.7 Å². The zero-order valence-electron chi connectivity index (χ0n) is 10.6. The van der Waals surface area contributed by atoms with E-state index in [1.807, 2.05) is 31.2 Å². The maximum Gasteiger partial charge on any atom is 0.264 e. The highest BCUT2D eigenvalue weighted by molar-refractivity contribution is 5.35. The lowest BCUT2D eigenvalue weighted by Gasteiger charge is -2.14. The van der Waals surface area contributed by atoms with Crippen molar-refractivity contribution in [1.82, 2.24) is 10.1 Å². The summed E-state index contributed by atoms with van der Waals surface area (Å²) in [5.74, 6) is 1.84. The largest absolute Gasteiger partial charge is 0.483 e. The van der Waals surface area contributed by atoms with Gasteiger partial charge in [-0.2, -0.15) is 4.98 Å². The van der Waals surface area contributed by atoms with E-state index < -0.39 is 0 Å². The van der Waals surface area contributed by atoms with Crippen molar-refractivity contribution in [1.29, 1.82) is 0 Å². The Labute approximate surface area is 106 Å². The molecule has 0 bridgehead atoms. The van der Waals surface area contributed by atoms with Crippen LogP contribution in [0.3, 0.4) is 0 Å². The first kappa shape index (κ1) is 12.6. The summed E-state index contributed by atoms with van der Waals surface area (Å²) in [6.07, 6.45) is 0.861. The van der Waals surface area contributed by atoms with Crippen molar-refractivity contribution in [2.45, 2.75) is 32.9 Å². The van der Waals surface area contributed by atoms with Gasteiger partial charge in [0.15, 0.2) is 12.4 Å². The van der Waals surface area contributed by atoms with Gasteiger partial charge in [-0.25, -0.2) is 0 Å². The molecule has 0 radical (unpaired) electrons. The number of nitrogens with two attached hydrogens (primary N) is 1. The maximum atomic E-state index is 6.04. The van der Waals surface area contributed by atoms with Crippen LogP contribution in [0, 0.1) is 6.92 Å². The van der Waals surface area contributed by atoms with E-state index >= 15 is 0 Å². The Kier molecular flexibility index (Phi) is 3.94. The summed E-state index contributed by atoms with van der Waals surface area (Å²) in [5, 5.41) is 3.71. The van der Waals surface area contributed by atoms with Crippen molar-refractivity contribution in [3.05, 3.63) is 41.5 Å². The Bertz CT molecular complexity index is 510. The summed E-state index contributed by atoms with van der Waals surface area (Å²) in [5.41, 5.74) is 7.03. The fourth-order valence-electron chi connectivity index (χ4n) is 1.68. The predicted octanol–water partition coefficient (Wildman–Crippen LogP) is 2.37. The van der Waals surface area contributed by atoms with Gasteiger partial charge in [0, 0.05) is 11.6 Å². The third-order valence-electron chi connectivity index (χ3n) is 2.68. The smallest absolute Gasteiger partial charge is 0.264 e. The Hall–Kier alpha value is -1.88. The quantitative estimate of drug-likeness (QED) is 0.877. The van der Waals surface area contributed by atoms with Gasteiger partial charge in [0.25, 0.3) is 5.89 Å². The molecule has 1 aromatic carbocycles. The van der Waals surface area contributed by atoms with Gasteiger partial charge < -0.3 is 15.0 Å². The zero-order chi connectivity index (χ0) is 13.0. The van der Waals surface area contributed by atoms with Crippen molar-refractivity contribution >= 4 is 0 Å². The molecule has 0 aliphatic rings. The van der Waals surface area contributed by atoms with Crippen LogP contribution in [0.15, 0.2) is 28.8 Å². The van der Waals surface area contributed by atoms with E-state index in [9.17, 15) is 0 Å². The minimum Gasteiger partial charge on any atom is -0.483 e. The molecule has 2 rings (SSSR count). The zero-order valence-corrected chi connectivity index (χ0v) is 10.6. The van der Waals surface area contributed by atoms with Crippen LogP contribution in [-0.4, -0.2) is 10.1 Å². The first-order valence-corrected chi connectivity index (χ1v) is 5.97. The van der Waals surface area contributed by atoms with E-state index in [1.165, 1.54) is 0 Å². The highest BCUT2D eigenvalue weighted by atomic mass is 16.5. The summed E-state index contributed by atoms with van der Waals surface area (Å²) in [4.78, 5) is 4.09. The van der Waals surface area contributed by atoms with Crippen LogP contribution in [0.2, 0.25) is 0 Å². The van der Waals surface area contributed by atoms with E-state index in [2.05, 4.69) is 10.1 Å². The molecule has 0 unspecified atom stereocenters. The Morgan fingerprint density at radius 2 is 2.17 bits per heavy atom. The number of aromatic nitrogens is 2.